The number of benzene rings is 1. The maximum absolute atomic E-state index is 10.4. The fraction of sp³-hybridized carbons (Fsp3) is 0.316. The molecule has 1 aliphatic carbocycles. The average molecular weight is 335 g/mol. The summed E-state index contributed by atoms with van der Waals surface area (Å²) in [7, 11) is 0. The van der Waals surface area contributed by atoms with E-state index in [-0.39, 0.29) is 6.04 Å². The van der Waals surface area contributed by atoms with Crippen molar-refractivity contribution in [1.82, 2.24) is 19.5 Å². The molecule has 128 valence electrons. The summed E-state index contributed by atoms with van der Waals surface area (Å²) >= 11 is 0. The van der Waals surface area contributed by atoms with Crippen LogP contribution in [0.5, 0.6) is 0 Å². The summed E-state index contributed by atoms with van der Waals surface area (Å²) in [6, 6.07) is 11.9. The minimum absolute atomic E-state index is 0.0175. The molecule has 1 fully saturated rings. The number of nitrogens with zero attached hydrogens (tertiary/aromatic N) is 4. The second kappa shape index (κ2) is 7.03. The summed E-state index contributed by atoms with van der Waals surface area (Å²) in [5.41, 5.74) is 1.11. The number of aliphatic hydroxyl groups is 1. The fourth-order valence-corrected chi connectivity index (χ4v) is 3.54. The highest BCUT2D eigenvalue weighted by atomic mass is 16.3. The van der Waals surface area contributed by atoms with E-state index in [2.05, 4.69) is 37.0 Å². The van der Waals surface area contributed by atoms with Gasteiger partial charge in [-0.25, -0.2) is 15.0 Å². The summed E-state index contributed by atoms with van der Waals surface area (Å²) in [5, 5.41) is 13.6. The Labute approximate surface area is 146 Å². The molecule has 1 unspecified atom stereocenters. The second-order valence-electron chi connectivity index (χ2n) is 6.50. The van der Waals surface area contributed by atoms with Gasteiger partial charge in [-0.15, -0.1) is 0 Å². The summed E-state index contributed by atoms with van der Waals surface area (Å²) < 4.78 is 2.17. The molecule has 1 aromatic carbocycles. The molecule has 0 saturated heterocycles. The molecule has 3 atom stereocenters. The number of anilines is 1. The van der Waals surface area contributed by atoms with Gasteiger partial charge in [-0.1, -0.05) is 30.3 Å². The molecule has 6 nitrogen and oxygen atoms in total. The Morgan fingerprint density at radius 2 is 1.80 bits per heavy atom. The summed E-state index contributed by atoms with van der Waals surface area (Å²) in [6.45, 7) is 0.842. The number of imidazole rings is 1. The van der Waals surface area contributed by atoms with Gasteiger partial charge in [0.05, 0.1) is 12.1 Å². The van der Waals surface area contributed by atoms with Crippen LogP contribution in [0.25, 0.3) is 11.4 Å². The van der Waals surface area contributed by atoms with E-state index in [1.54, 1.807) is 18.5 Å². The molecule has 25 heavy (non-hydrogen) atoms. The van der Waals surface area contributed by atoms with Crippen molar-refractivity contribution in [3.05, 3.63) is 61.2 Å². The zero-order valence-corrected chi connectivity index (χ0v) is 13.9. The first kappa shape index (κ1) is 15.8. The van der Waals surface area contributed by atoms with Crippen LogP contribution in [0.3, 0.4) is 0 Å². The van der Waals surface area contributed by atoms with Crippen LogP contribution >= 0.6 is 0 Å². The van der Waals surface area contributed by atoms with E-state index in [0.717, 1.165) is 30.8 Å². The van der Waals surface area contributed by atoms with E-state index in [9.17, 15) is 5.11 Å². The van der Waals surface area contributed by atoms with Gasteiger partial charge in [-0.3, -0.25) is 0 Å². The first-order chi connectivity index (χ1) is 12.3. The van der Waals surface area contributed by atoms with Gasteiger partial charge < -0.3 is 15.0 Å². The quantitative estimate of drug-likeness (QED) is 0.749. The lowest BCUT2D eigenvalue weighted by molar-refractivity contribution is 0.166. The molecule has 1 aliphatic rings. The van der Waals surface area contributed by atoms with Crippen LogP contribution in [0.15, 0.2) is 61.2 Å². The minimum Gasteiger partial charge on any atom is -0.391 e. The highest BCUT2D eigenvalue weighted by Gasteiger charge is 2.33. The maximum atomic E-state index is 10.4. The largest absolute Gasteiger partial charge is 0.391 e. The summed E-state index contributed by atoms with van der Waals surface area (Å²) in [4.78, 5) is 12.9. The van der Waals surface area contributed by atoms with Crippen LogP contribution in [0.4, 0.5) is 5.95 Å². The maximum Gasteiger partial charge on any atom is 0.222 e. The molecule has 6 heteroatoms. The Kier molecular flexibility index (Phi) is 4.43. The average Bonchev–Trinajstić information content (AvgIpc) is 3.24. The number of nitrogens with one attached hydrogen (secondary N) is 1. The highest BCUT2D eigenvalue weighted by Crippen LogP contribution is 2.30. The van der Waals surface area contributed by atoms with Crippen molar-refractivity contribution < 1.29 is 5.11 Å². The predicted octanol–water partition coefficient (Wildman–Crippen LogP) is 2.59. The molecule has 4 rings (SSSR count). The molecule has 1 saturated carbocycles. The van der Waals surface area contributed by atoms with Crippen molar-refractivity contribution in [2.75, 3.05) is 5.32 Å². The van der Waals surface area contributed by atoms with Gasteiger partial charge in [0.15, 0.2) is 0 Å². The van der Waals surface area contributed by atoms with Crippen molar-refractivity contribution >= 4 is 5.95 Å². The molecule has 0 aliphatic heterocycles. The van der Waals surface area contributed by atoms with E-state index in [4.69, 9.17) is 0 Å². The monoisotopic (exact) mass is 335 g/mol. The molecule has 0 radical (unpaired) electrons. The molecule has 0 spiro atoms. The van der Waals surface area contributed by atoms with Crippen LogP contribution < -0.4 is 5.32 Å². The zero-order valence-electron chi connectivity index (χ0n) is 13.9. The van der Waals surface area contributed by atoms with E-state index < -0.39 is 6.10 Å². The van der Waals surface area contributed by atoms with Crippen LogP contribution in [-0.2, 0) is 6.54 Å². The fourth-order valence-electron chi connectivity index (χ4n) is 3.54. The number of hydrogen-bond donors (Lipinski definition) is 2. The number of hydrogen-bond acceptors (Lipinski definition) is 5. The third-order valence-corrected chi connectivity index (χ3v) is 4.71. The van der Waals surface area contributed by atoms with Gasteiger partial charge in [0, 0.05) is 36.9 Å². The van der Waals surface area contributed by atoms with Crippen LogP contribution in [0.2, 0.25) is 0 Å². The van der Waals surface area contributed by atoms with Crippen molar-refractivity contribution in [2.45, 2.75) is 31.5 Å². The van der Waals surface area contributed by atoms with Gasteiger partial charge in [-0.05, 0) is 24.8 Å². The van der Waals surface area contributed by atoms with Gasteiger partial charge in [-0.2, -0.15) is 0 Å². The molecular formula is C19H21N5O. The third-order valence-electron chi connectivity index (χ3n) is 4.71. The molecule has 0 amide bonds. The smallest absolute Gasteiger partial charge is 0.222 e. The predicted molar refractivity (Wildman–Crippen MR) is 95.8 cm³/mol. The van der Waals surface area contributed by atoms with Gasteiger partial charge in [0.1, 0.15) is 5.82 Å². The van der Waals surface area contributed by atoms with Crippen molar-refractivity contribution in [2.24, 2.45) is 5.92 Å². The number of rotatable bonds is 5. The van der Waals surface area contributed by atoms with E-state index in [0.29, 0.717) is 11.9 Å². The molecule has 2 aromatic heterocycles. The Bertz CT molecular complexity index is 805. The summed E-state index contributed by atoms with van der Waals surface area (Å²) in [5.74, 6) is 1.92. The SMILES string of the molecule is O[C@@H]1CC(Cn2ccnc2-c2ccccc2)C[C@H]1Nc1ncccn1. The molecule has 0 bridgehead atoms. The van der Waals surface area contributed by atoms with E-state index in [1.807, 2.05) is 30.6 Å². The van der Waals surface area contributed by atoms with E-state index >= 15 is 0 Å². The Balaban J connectivity index is 1.44. The minimum atomic E-state index is -0.391. The zero-order chi connectivity index (χ0) is 17.1. The lowest BCUT2D eigenvalue weighted by Crippen LogP contribution is -2.28. The molecule has 2 heterocycles. The molecular weight excluding hydrogens is 314 g/mol. The highest BCUT2D eigenvalue weighted by molar-refractivity contribution is 5.55. The first-order valence-electron chi connectivity index (χ1n) is 8.58. The number of aromatic nitrogens is 4. The Morgan fingerprint density at radius 1 is 1.00 bits per heavy atom. The van der Waals surface area contributed by atoms with Gasteiger partial charge in [0.25, 0.3) is 0 Å². The van der Waals surface area contributed by atoms with Crippen LogP contribution in [0.1, 0.15) is 12.8 Å². The topological polar surface area (TPSA) is 75.9 Å². The van der Waals surface area contributed by atoms with E-state index in [1.165, 1.54) is 0 Å². The standard InChI is InChI=1S/C19H21N5O/c25-17-12-14(11-16(17)23-19-21-7-4-8-22-19)13-24-10-9-20-18(24)15-5-2-1-3-6-15/h1-10,14,16-17,25H,11-13H2,(H,21,22,23)/t14?,16-,17-/m1/s1. The first-order valence-corrected chi connectivity index (χ1v) is 8.58. The lowest BCUT2D eigenvalue weighted by Gasteiger charge is -2.16. The third kappa shape index (κ3) is 3.53. The van der Waals surface area contributed by atoms with Crippen molar-refractivity contribution in [3.63, 3.8) is 0 Å². The Hall–Kier alpha value is -2.73. The van der Waals surface area contributed by atoms with Crippen molar-refractivity contribution in [1.29, 1.82) is 0 Å². The second-order valence-corrected chi connectivity index (χ2v) is 6.50. The van der Waals surface area contributed by atoms with Crippen LogP contribution in [-0.4, -0.2) is 36.8 Å². The lowest BCUT2D eigenvalue weighted by atomic mass is 10.1. The van der Waals surface area contributed by atoms with Crippen molar-refractivity contribution in [3.8, 4) is 11.4 Å². The summed E-state index contributed by atoms with van der Waals surface area (Å²) in [6.07, 6.45) is 8.50. The molecule has 2 N–H and O–H groups in total. The number of aliphatic hydroxyl groups excluding tert-OH is 1. The van der Waals surface area contributed by atoms with Gasteiger partial charge >= 0.3 is 0 Å². The van der Waals surface area contributed by atoms with Gasteiger partial charge in [0.2, 0.25) is 5.95 Å². The molecule has 3 aromatic rings. The Morgan fingerprint density at radius 3 is 2.60 bits per heavy atom. The van der Waals surface area contributed by atoms with Crippen LogP contribution in [0, 0.1) is 5.92 Å². The normalized spacial score (nSPS) is 22.8.